The van der Waals surface area contributed by atoms with Crippen molar-refractivity contribution in [1.29, 1.82) is 0 Å². The Morgan fingerprint density at radius 1 is 1.19 bits per heavy atom. The summed E-state index contributed by atoms with van der Waals surface area (Å²) in [6, 6.07) is 14.0. The second-order valence-electron chi connectivity index (χ2n) is 5.45. The summed E-state index contributed by atoms with van der Waals surface area (Å²) in [5, 5.41) is 0. The Kier molecular flexibility index (Phi) is 4.11. The first-order valence-corrected chi connectivity index (χ1v) is 7.92. The van der Waals surface area contributed by atoms with Gasteiger partial charge in [0.25, 0.3) is 0 Å². The monoisotopic (exact) mass is 344 g/mol. The lowest BCUT2D eigenvalue weighted by Crippen LogP contribution is -2.24. The van der Waals surface area contributed by atoms with E-state index in [1.165, 1.54) is 5.56 Å². The average molecular weight is 345 g/mol. The Morgan fingerprint density at radius 2 is 1.95 bits per heavy atom. The first-order valence-electron chi connectivity index (χ1n) is 7.13. The molecule has 2 nitrogen and oxygen atoms in total. The van der Waals surface area contributed by atoms with Gasteiger partial charge in [-0.3, -0.25) is 4.79 Å². The summed E-state index contributed by atoms with van der Waals surface area (Å²) in [7, 11) is 1.66. The summed E-state index contributed by atoms with van der Waals surface area (Å²) >= 11 is 3.44. The third-order valence-electron chi connectivity index (χ3n) is 4.11. The maximum atomic E-state index is 12.6. The summed E-state index contributed by atoms with van der Waals surface area (Å²) in [4.78, 5) is 12.6. The van der Waals surface area contributed by atoms with Crippen LogP contribution in [0.15, 0.2) is 46.9 Å². The van der Waals surface area contributed by atoms with E-state index >= 15 is 0 Å². The van der Waals surface area contributed by atoms with E-state index in [9.17, 15) is 4.79 Å². The van der Waals surface area contributed by atoms with Gasteiger partial charge in [-0.2, -0.15) is 0 Å². The Morgan fingerprint density at radius 3 is 2.67 bits per heavy atom. The number of ketones is 1. The fourth-order valence-corrected chi connectivity index (χ4v) is 3.19. The van der Waals surface area contributed by atoms with Crippen molar-refractivity contribution in [3.63, 3.8) is 0 Å². The lowest BCUT2D eigenvalue weighted by atomic mass is 9.80. The molecule has 1 aliphatic carbocycles. The minimum atomic E-state index is 0.0899. The molecule has 0 N–H and O–H groups in total. The maximum Gasteiger partial charge on any atom is 0.166 e. The van der Waals surface area contributed by atoms with Gasteiger partial charge in [-0.25, -0.2) is 0 Å². The van der Waals surface area contributed by atoms with Crippen LogP contribution in [0.1, 0.15) is 27.9 Å². The van der Waals surface area contributed by atoms with Crippen LogP contribution < -0.4 is 4.74 Å². The molecule has 2 aromatic rings. The zero-order valence-corrected chi connectivity index (χ0v) is 13.5. The molecule has 21 heavy (non-hydrogen) atoms. The highest BCUT2D eigenvalue weighted by atomic mass is 79.9. The average Bonchev–Trinajstić information content (AvgIpc) is 2.52. The minimum absolute atomic E-state index is 0.0899. The zero-order valence-electron chi connectivity index (χ0n) is 11.9. The molecule has 3 rings (SSSR count). The largest absolute Gasteiger partial charge is 0.497 e. The molecule has 108 valence electrons. The maximum absolute atomic E-state index is 12.6. The molecule has 0 amide bonds. The van der Waals surface area contributed by atoms with Crippen molar-refractivity contribution >= 4 is 21.7 Å². The highest BCUT2D eigenvalue weighted by Crippen LogP contribution is 2.30. The van der Waals surface area contributed by atoms with E-state index in [1.807, 2.05) is 30.3 Å². The fraction of sp³-hybridized carbons (Fsp3) is 0.278. The molecule has 0 aliphatic heterocycles. The van der Waals surface area contributed by atoms with E-state index < -0.39 is 0 Å². The van der Waals surface area contributed by atoms with E-state index in [0.717, 1.165) is 40.6 Å². The van der Waals surface area contributed by atoms with Crippen molar-refractivity contribution in [3.05, 3.63) is 63.6 Å². The smallest absolute Gasteiger partial charge is 0.166 e. The number of Topliss-reactive ketones (excluding diaryl/α,β-unsaturated/α-hetero) is 1. The van der Waals surface area contributed by atoms with Gasteiger partial charge in [0.1, 0.15) is 5.75 Å². The number of aryl methyl sites for hydroxylation is 1. The van der Waals surface area contributed by atoms with Gasteiger partial charge >= 0.3 is 0 Å². The topological polar surface area (TPSA) is 26.3 Å². The molecule has 0 aromatic heterocycles. The first kappa shape index (κ1) is 14.3. The molecule has 0 saturated heterocycles. The van der Waals surface area contributed by atoms with E-state index in [1.54, 1.807) is 7.11 Å². The van der Waals surface area contributed by atoms with Crippen LogP contribution in [-0.4, -0.2) is 12.9 Å². The number of benzene rings is 2. The molecular weight excluding hydrogens is 328 g/mol. The SMILES string of the molecule is COc1ccc2c(c1)CCC(Cc1ccc(Br)cc1)C2=O. The third kappa shape index (κ3) is 3.03. The second-order valence-corrected chi connectivity index (χ2v) is 6.37. The summed E-state index contributed by atoms with van der Waals surface area (Å²) in [5.41, 5.74) is 3.20. The number of hydrogen-bond acceptors (Lipinski definition) is 2. The zero-order chi connectivity index (χ0) is 14.8. The number of fused-ring (bicyclic) bond motifs is 1. The van der Waals surface area contributed by atoms with Crippen molar-refractivity contribution in [2.24, 2.45) is 5.92 Å². The van der Waals surface area contributed by atoms with Crippen molar-refractivity contribution < 1.29 is 9.53 Å². The van der Waals surface area contributed by atoms with Crippen LogP contribution in [0, 0.1) is 5.92 Å². The predicted octanol–water partition coefficient (Wildman–Crippen LogP) is 4.45. The lowest BCUT2D eigenvalue weighted by Gasteiger charge is -2.23. The normalized spacial score (nSPS) is 17.4. The van der Waals surface area contributed by atoms with Crippen LogP contribution in [0.4, 0.5) is 0 Å². The van der Waals surface area contributed by atoms with Crippen LogP contribution in [0.3, 0.4) is 0 Å². The van der Waals surface area contributed by atoms with Crippen LogP contribution in [0.2, 0.25) is 0 Å². The van der Waals surface area contributed by atoms with Gasteiger partial charge in [0.2, 0.25) is 0 Å². The van der Waals surface area contributed by atoms with E-state index in [0.29, 0.717) is 0 Å². The van der Waals surface area contributed by atoms with E-state index in [-0.39, 0.29) is 11.7 Å². The molecule has 1 aliphatic rings. The van der Waals surface area contributed by atoms with Gasteiger partial charge in [0.15, 0.2) is 5.78 Å². The number of carbonyl (C=O) groups excluding carboxylic acids is 1. The number of hydrogen-bond donors (Lipinski definition) is 0. The van der Waals surface area contributed by atoms with E-state index in [4.69, 9.17) is 4.74 Å². The number of carbonyl (C=O) groups is 1. The molecular formula is C18H17BrO2. The predicted molar refractivity (Wildman–Crippen MR) is 87.0 cm³/mol. The Balaban J connectivity index is 1.80. The minimum Gasteiger partial charge on any atom is -0.497 e. The van der Waals surface area contributed by atoms with Crippen molar-refractivity contribution in [3.8, 4) is 5.75 Å². The Labute approximate surface area is 133 Å². The Hall–Kier alpha value is -1.61. The number of rotatable bonds is 3. The van der Waals surface area contributed by atoms with E-state index in [2.05, 4.69) is 28.1 Å². The molecule has 1 atom stereocenters. The number of methoxy groups -OCH3 is 1. The number of halogens is 1. The molecule has 0 heterocycles. The van der Waals surface area contributed by atoms with Crippen molar-refractivity contribution in [2.75, 3.05) is 7.11 Å². The van der Waals surface area contributed by atoms with Crippen LogP contribution in [0.5, 0.6) is 5.75 Å². The summed E-state index contributed by atoms with van der Waals surface area (Å²) < 4.78 is 6.30. The summed E-state index contributed by atoms with van der Waals surface area (Å²) in [6.07, 6.45) is 2.67. The van der Waals surface area contributed by atoms with Crippen LogP contribution in [0.25, 0.3) is 0 Å². The summed E-state index contributed by atoms with van der Waals surface area (Å²) in [5.74, 6) is 1.18. The molecule has 1 unspecified atom stereocenters. The third-order valence-corrected chi connectivity index (χ3v) is 4.63. The molecule has 0 bridgehead atoms. The first-order chi connectivity index (χ1) is 10.2. The highest BCUT2D eigenvalue weighted by molar-refractivity contribution is 9.10. The van der Waals surface area contributed by atoms with Crippen LogP contribution in [-0.2, 0) is 12.8 Å². The van der Waals surface area contributed by atoms with Gasteiger partial charge in [0.05, 0.1) is 7.11 Å². The molecule has 0 spiro atoms. The summed E-state index contributed by atoms with van der Waals surface area (Å²) in [6.45, 7) is 0. The number of ether oxygens (including phenoxy) is 1. The van der Waals surface area contributed by atoms with Gasteiger partial charge in [-0.15, -0.1) is 0 Å². The van der Waals surface area contributed by atoms with Gasteiger partial charge in [0, 0.05) is 16.0 Å². The quantitative estimate of drug-likeness (QED) is 0.822. The molecule has 0 radical (unpaired) electrons. The van der Waals surface area contributed by atoms with Gasteiger partial charge < -0.3 is 4.74 Å². The standard InChI is InChI=1S/C18H17BrO2/c1-21-16-8-9-17-13(11-16)4-5-14(18(17)20)10-12-2-6-15(19)7-3-12/h2-3,6-9,11,14H,4-5,10H2,1H3. The fourth-order valence-electron chi connectivity index (χ4n) is 2.92. The molecule has 0 fully saturated rings. The van der Waals surface area contributed by atoms with Crippen molar-refractivity contribution in [1.82, 2.24) is 0 Å². The highest BCUT2D eigenvalue weighted by Gasteiger charge is 2.27. The van der Waals surface area contributed by atoms with Gasteiger partial charge in [-0.05, 0) is 60.7 Å². The second kappa shape index (κ2) is 6.02. The van der Waals surface area contributed by atoms with Crippen molar-refractivity contribution in [2.45, 2.75) is 19.3 Å². The van der Waals surface area contributed by atoms with Crippen LogP contribution >= 0.6 is 15.9 Å². The molecule has 2 aromatic carbocycles. The molecule has 0 saturated carbocycles. The van der Waals surface area contributed by atoms with Gasteiger partial charge in [-0.1, -0.05) is 28.1 Å². The lowest BCUT2D eigenvalue weighted by molar-refractivity contribution is 0.0901. The Bertz CT molecular complexity index is 661. The molecule has 3 heteroatoms.